The number of ketones is 1. The molecule has 0 aromatic carbocycles. The lowest BCUT2D eigenvalue weighted by Gasteiger charge is -2.20. The summed E-state index contributed by atoms with van der Waals surface area (Å²) >= 11 is 1.30. The van der Waals surface area contributed by atoms with Crippen LogP contribution >= 0.6 is 11.5 Å². The van der Waals surface area contributed by atoms with Gasteiger partial charge >= 0.3 is 0 Å². The molecular formula is C9H13N3OS. The molecule has 14 heavy (non-hydrogen) atoms. The molecule has 1 aromatic rings. The Morgan fingerprint density at radius 3 is 3.00 bits per heavy atom. The third kappa shape index (κ3) is 2.36. The van der Waals surface area contributed by atoms with Gasteiger partial charge in [-0.05, 0) is 37.5 Å². The van der Waals surface area contributed by atoms with Crippen LogP contribution in [0.1, 0.15) is 18.5 Å². The Balaban J connectivity index is 1.88. The van der Waals surface area contributed by atoms with Gasteiger partial charge in [0.2, 0.25) is 0 Å². The van der Waals surface area contributed by atoms with E-state index in [-0.39, 0.29) is 5.92 Å². The molecule has 0 radical (unpaired) electrons. The second-order valence-corrected chi connectivity index (χ2v) is 4.17. The fourth-order valence-corrected chi connectivity index (χ4v) is 2.18. The molecule has 0 atom stereocenters. The standard InChI is InChI=1S/C9H13N3OS/c13-9(5-8-6-14-12-11-8)7-1-3-10-4-2-7/h6-7,10H,1-5H2. The molecule has 0 saturated carbocycles. The monoisotopic (exact) mass is 211 g/mol. The first kappa shape index (κ1) is 9.73. The number of hydrogen-bond donors (Lipinski definition) is 1. The predicted molar refractivity (Wildman–Crippen MR) is 54.2 cm³/mol. The summed E-state index contributed by atoms with van der Waals surface area (Å²) in [6, 6.07) is 0. The molecule has 5 heteroatoms. The largest absolute Gasteiger partial charge is 0.317 e. The minimum Gasteiger partial charge on any atom is -0.317 e. The van der Waals surface area contributed by atoms with Crippen molar-refractivity contribution in [3.8, 4) is 0 Å². The molecule has 0 amide bonds. The van der Waals surface area contributed by atoms with E-state index >= 15 is 0 Å². The molecule has 1 N–H and O–H groups in total. The van der Waals surface area contributed by atoms with Crippen LogP contribution in [0.3, 0.4) is 0 Å². The van der Waals surface area contributed by atoms with Gasteiger partial charge in [0.25, 0.3) is 0 Å². The number of hydrogen-bond acceptors (Lipinski definition) is 5. The summed E-state index contributed by atoms with van der Waals surface area (Å²) < 4.78 is 3.75. The number of carbonyl (C=O) groups is 1. The first-order valence-electron chi connectivity index (χ1n) is 4.85. The van der Waals surface area contributed by atoms with Gasteiger partial charge in [-0.3, -0.25) is 4.79 Å². The number of nitrogens with zero attached hydrogens (tertiary/aromatic N) is 2. The van der Waals surface area contributed by atoms with E-state index in [0.717, 1.165) is 31.6 Å². The molecule has 2 rings (SSSR count). The molecule has 1 aliphatic heterocycles. The van der Waals surface area contributed by atoms with Gasteiger partial charge in [-0.2, -0.15) is 0 Å². The number of rotatable bonds is 3. The first-order valence-corrected chi connectivity index (χ1v) is 5.69. The van der Waals surface area contributed by atoms with E-state index in [1.807, 2.05) is 5.38 Å². The van der Waals surface area contributed by atoms with Gasteiger partial charge in [0.1, 0.15) is 5.78 Å². The van der Waals surface area contributed by atoms with Crippen LogP contribution in [-0.2, 0) is 11.2 Å². The van der Waals surface area contributed by atoms with Crippen LogP contribution in [-0.4, -0.2) is 28.5 Å². The Hall–Kier alpha value is -0.810. The first-order chi connectivity index (χ1) is 6.86. The molecule has 1 aliphatic rings. The minimum absolute atomic E-state index is 0.234. The average Bonchev–Trinajstić information content (AvgIpc) is 2.72. The number of piperidine rings is 1. The number of nitrogens with one attached hydrogen (secondary N) is 1. The van der Waals surface area contributed by atoms with Crippen LogP contribution in [0.5, 0.6) is 0 Å². The Morgan fingerprint density at radius 2 is 2.36 bits per heavy atom. The van der Waals surface area contributed by atoms with Crippen molar-refractivity contribution in [3.63, 3.8) is 0 Å². The number of aromatic nitrogens is 2. The van der Waals surface area contributed by atoms with Crippen LogP contribution in [0, 0.1) is 5.92 Å². The van der Waals surface area contributed by atoms with Gasteiger partial charge in [-0.1, -0.05) is 4.49 Å². The molecule has 0 unspecified atom stereocenters. The average molecular weight is 211 g/mol. The van der Waals surface area contributed by atoms with E-state index < -0.39 is 0 Å². The fourth-order valence-electron chi connectivity index (χ4n) is 1.73. The SMILES string of the molecule is O=C(Cc1csnn1)C1CCNCC1. The molecule has 4 nitrogen and oxygen atoms in total. The van der Waals surface area contributed by atoms with Crippen molar-refractivity contribution in [2.75, 3.05) is 13.1 Å². The third-order valence-electron chi connectivity index (χ3n) is 2.55. The molecule has 76 valence electrons. The highest BCUT2D eigenvalue weighted by atomic mass is 32.1. The van der Waals surface area contributed by atoms with E-state index in [1.165, 1.54) is 11.5 Å². The van der Waals surface area contributed by atoms with Crippen LogP contribution in [0.15, 0.2) is 5.38 Å². The molecular weight excluding hydrogens is 198 g/mol. The van der Waals surface area contributed by atoms with Gasteiger partial charge in [-0.25, -0.2) is 0 Å². The molecule has 2 heterocycles. The van der Waals surface area contributed by atoms with Crippen LogP contribution in [0.25, 0.3) is 0 Å². The summed E-state index contributed by atoms with van der Waals surface area (Å²) in [5.74, 6) is 0.553. The zero-order valence-electron chi connectivity index (χ0n) is 7.90. The van der Waals surface area contributed by atoms with Gasteiger partial charge in [0.15, 0.2) is 0 Å². The second kappa shape index (κ2) is 4.61. The van der Waals surface area contributed by atoms with Gasteiger partial charge in [0, 0.05) is 11.3 Å². The maximum Gasteiger partial charge on any atom is 0.142 e. The molecule has 1 aromatic heterocycles. The lowest BCUT2D eigenvalue weighted by Crippen LogP contribution is -2.32. The van der Waals surface area contributed by atoms with Crippen LogP contribution < -0.4 is 5.32 Å². The number of carbonyl (C=O) groups excluding carboxylic acids is 1. The fraction of sp³-hybridized carbons (Fsp3) is 0.667. The zero-order chi connectivity index (χ0) is 9.80. The lowest BCUT2D eigenvalue weighted by molar-refractivity contribution is -0.123. The summed E-state index contributed by atoms with van der Waals surface area (Å²) in [4.78, 5) is 11.8. The van der Waals surface area contributed by atoms with E-state index in [4.69, 9.17) is 0 Å². The highest BCUT2D eigenvalue weighted by Gasteiger charge is 2.21. The number of Topliss-reactive ketones (excluding diaryl/α,β-unsaturated/α-hetero) is 1. The van der Waals surface area contributed by atoms with Gasteiger partial charge in [0.05, 0.1) is 12.1 Å². The highest BCUT2D eigenvalue weighted by molar-refractivity contribution is 7.03. The zero-order valence-corrected chi connectivity index (χ0v) is 8.72. The van der Waals surface area contributed by atoms with Crippen LogP contribution in [0.4, 0.5) is 0 Å². The van der Waals surface area contributed by atoms with Crippen molar-refractivity contribution in [1.29, 1.82) is 0 Å². The minimum atomic E-state index is 0.234. The summed E-state index contributed by atoms with van der Waals surface area (Å²) in [7, 11) is 0. The van der Waals surface area contributed by atoms with E-state index in [2.05, 4.69) is 14.9 Å². The summed E-state index contributed by atoms with van der Waals surface area (Å²) in [6.45, 7) is 1.93. The van der Waals surface area contributed by atoms with Crippen molar-refractivity contribution >= 4 is 17.3 Å². The predicted octanol–water partition coefficient (Wildman–Crippen LogP) is 0.649. The van der Waals surface area contributed by atoms with E-state index in [1.54, 1.807) is 0 Å². The Morgan fingerprint density at radius 1 is 1.57 bits per heavy atom. The summed E-state index contributed by atoms with van der Waals surface area (Å²) in [5.41, 5.74) is 0.818. The maximum atomic E-state index is 11.8. The normalized spacial score (nSPS) is 18.3. The second-order valence-electron chi connectivity index (χ2n) is 3.56. The summed E-state index contributed by atoms with van der Waals surface area (Å²) in [5, 5.41) is 8.98. The maximum absolute atomic E-state index is 11.8. The van der Waals surface area contributed by atoms with Crippen molar-refractivity contribution < 1.29 is 4.79 Å². The highest BCUT2D eigenvalue weighted by Crippen LogP contribution is 2.15. The van der Waals surface area contributed by atoms with Crippen molar-refractivity contribution in [1.82, 2.24) is 14.9 Å². The van der Waals surface area contributed by atoms with Gasteiger partial charge < -0.3 is 5.32 Å². The topological polar surface area (TPSA) is 54.9 Å². The van der Waals surface area contributed by atoms with E-state index in [9.17, 15) is 4.79 Å². The van der Waals surface area contributed by atoms with E-state index in [0.29, 0.717) is 12.2 Å². The lowest BCUT2D eigenvalue weighted by atomic mass is 9.91. The van der Waals surface area contributed by atoms with Crippen LogP contribution in [0.2, 0.25) is 0 Å². The Labute approximate surface area is 86.9 Å². The smallest absolute Gasteiger partial charge is 0.142 e. The summed E-state index contributed by atoms with van der Waals surface area (Å²) in [6.07, 6.45) is 2.40. The Kier molecular flexibility index (Phi) is 3.21. The van der Waals surface area contributed by atoms with Crippen molar-refractivity contribution in [2.45, 2.75) is 19.3 Å². The molecule has 1 fully saturated rings. The quantitative estimate of drug-likeness (QED) is 0.797. The molecule has 0 spiro atoms. The Bertz CT molecular complexity index is 293. The van der Waals surface area contributed by atoms with Gasteiger partial charge in [-0.15, -0.1) is 5.10 Å². The molecule has 1 saturated heterocycles. The molecule has 0 bridgehead atoms. The molecule has 0 aliphatic carbocycles. The van der Waals surface area contributed by atoms with Crippen molar-refractivity contribution in [2.24, 2.45) is 5.92 Å². The third-order valence-corrected chi connectivity index (χ3v) is 3.11. The van der Waals surface area contributed by atoms with Crippen molar-refractivity contribution in [3.05, 3.63) is 11.1 Å².